The monoisotopic (exact) mass is 382 g/mol. The number of hydrogen-bond acceptors (Lipinski definition) is 4. The summed E-state index contributed by atoms with van der Waals surface area (Å²) in [6.45, 7) is 1.95. The fraction of sp³-hybridized carbons (Fsp3) is 0.318. The number of methoxy groups -OCH3 is 2. The molecule has 2 N–H and O–H groups in total. The highest BCUT2D eigenvalue weighted by Gasteiger charge is 2.21. The number of rotatable bonds is 7. The fourth-order valence-corrected chi connectivity index (χ4v) is 3.42. The lowest BCUT2D eigenvalue weighted by molar-refractivity contribution is -0.122. The summed E-state index contributed by atoms with van der Waals surface area (Å²) in [6, 6.07) is 13.2. The summed E-state index contributed by atoms with van der Waals surface area (Å²) < 4.78 is 12.5. The molecule has 2 unspecified atom stereocenters. The Bertz CT molecular complexity index is 980. The van der Waals surface area contributed by atoms with Crippen LogP contribution in [0.3, 0.4) is 0 Å². The number of para-hydroxylation sites is 1. The van der Waals surface area contributed by atoms with Crippen LogP contribution in [0.4, 0.5) is 0 Å². The fourth-order valence-electron chi connectivity index (χ4n) is 3.42. The van der Waals surface area contributed by atoms with Gasteiger partial charge in [-0.25, -0.2) is 0 Å². The van der Waals surface area contributed by atoms with Crippen molar-refractivity contribution in [2.75, 3.05) is 20.8 Å². The van der Waals surface area contributed by atoms with Gasteiger partial charge in [0.15, 0.2) is 0 Å². The molecule has 2 atom stereocenters. The number of hydrogen-bond donors (Lipinski definition) is 2. The van der Waals surface area contributed by atoms with Crippen molar-refractivity contribution in [3.05, 3.63) is 59.8 Å². The largest absolute Gasteiger partial charge is 0.497 e. The molecule has 2 aromatic carbocycles. The number of aromatic nitrogens is 1. The van der Waals surface area contributed by atoms with Gasteiger partial charge in [0.2, 0.25) is 5.91 Å². The number of carbonyl (C=O) groups is 1. The highest BCUT2D eigenvalue weighted by Crippen LogP contribution is 2.30. The van der Waals surface area contributed by atoms with Crippen molar-refractivity contribution in [2.45, 2.75) is 18.9 Å². The van der Waals surface area contributed by atoms with Crippen molar-refractivity contribution >= 4 is 16.8 Å². The number of nitrogens with one attached hydrogen (secondary N) is 1. The Labute approximate surface area is 164 Å². The number of carbonyl (C=O) groups excluding carboxylic acids is 1. The number of aliphatic hydroxyl groups excluding tert-OH is 1. The van der Waals surface area contributed by atoms with E-state index >= 15 is 0 Å². The van der Waals surface area contributed by atoms with Gasteiger partial charge in [0.1, 0.15) is 11.5 Å². The molecule has 0 radical (unpaired) electrons. The summed E-state index contributed by atoms with van der Waals surface area (Å²) in [5.74, 6) is 0.678. The molecule has 1 aromatic heterocycles. The van der Waals surface area contributed by atoms with Crippen LogP contribution < -0.4 is 14.8 Å². The van der Waals surface area contributed by atoms with Crippen LogP contribution in [0.1, 0.15) is 30.1 Å². The number of nitrogens with zero attached hydrogens (tertiary/aromatic N) is 1. The standard InChI is InChI=1S/C22H26N2O4/c1-14(18-13-24(2)19-8-6-5-7-16(18)19)22(26)23-12-20(25)17-11-15(27-3)9-10-21(17)28-4/h5-11,13-14,20,25H,12H2,1-4H3,(H,23,26). The average Bonchev–Trinajstić information content (AvgIpc) is 3.07. The molecule has 0 saturated heterocycles. The predicted molar refractivity (Wildman–Crippen MR) is 109 cm³/mol. The minimum atomic E-state index is -0.909. The first kappa shape index (κ1) is 19.8. The first-order valence-corrected chi connectivity index (χ1v) is 9.18. The van der Waals surface area contributed by atoms with Crippen LogP contribution in [0.25, 0.3) is 10.9 Å². The molecule has 28 heavy (non-hydrogen) atoms. The topological polar surface area (TPSA) is 72.7 Å². The molecule has 1 heterocycles. The van der Waals surface area contributed by atoms with E-state index in [1.54, 1.807) is 32.4 Å². The molecule has 0 spiro atoms. The smallest absolute Gasteiger partial charge is 0.227 e. The SMILES string of the molecule is COc1ccc(OC)c(C(O)CNC(=O)C(C)c2cn(C)c3ccccc23)c1. The molecule has 0 bridgehead atoms. The molecular weight excluding hydrogens is 356 g/mol. The second-order valence-corrected chi connectivity index (χ2v) is 6.80. The van der Waals surface area contributed by atoms with Crippen LogP contribution in [0, 0.1) is 0 Å². The van der Waals surface area contributed by atoms with Gasteiger partial charge < -0.3 is 24.5 Å². The first-order valence-electron chi connectivity index (χ1n) is 9.18. The van der Waals surface area contributed by atoms with Crippen molar-refractivity contribution in [2.24, 2.45) is 7.05 Å². The Hall–Kier alpha value is -2.99. The zero-order chi connectivity index (χ0) is 20.3. The molecule has 3 aromatic rings. The molecule has 0 aliphatic carbocycles. The molecule has 0 saturated carbocycles. The van der Waals surface area contributed by atoms with E-state index in [0.29, 0.717) is 17.1 Å². The molecule has 6 heteroatoms. The van der Waals surface area contributed by atoms with Crippen LogP contribution in [0.2, 0.25) is 0 Å². The van der Waals surface area contributed by atoms with Gasteiger partial charge in [0.05, 0.1) is 26.2 Å². The Morgan fingerprint density at radius 1 is 1.14 bits per heavy atom. The molecule has 3 rings (SSSR count). The Morgan fingerprint density at radius 2 is 1.89 bits per heavy atom. The van der Waals surface area contributed by atoms with Crippen LogP contribution in [0.5, 0.6) is 11.5 Å². The quantitative estimate of drug-likeness (QED) is 0.658. The van der Waals surface area contributed by atoms with Crippen LogP contribution in [0.15, 0.2) is 48.7 Å². The van der Waals surface area contributed by atoms with Gasteiger partial charge in [-0.05, 0) is 36.8 Å². The van der Waals surface area contributed by atoms with Crippen molar-refractivity contribution in [1.82, 2.24) is 9.88 Å². The predicted octanol–water partition coefficient (Wildman–Crippen LogP) is 3.15. The van der Waals surface area contributed by atoms with Gasteiger partial charge in [0.25, 0.3) is 0 Å². The molecule has 148 valence electrons. The normalized spacial score (nSPS) is 13.2. The zero-order valence-electron chi connectivity index (χ0n) is 16.6. The molecule has 0 aliphatic rings. The highest BCUT2D eigenvalue weighted by atomic mass is 16.5. The van der Waals surface area contributed by atoms with Crippen LogP contribution in [-0.2, 0) is 11.8 Å². The number of aryl methyl sites for hydroxylation is 1. The lowest BCUT2D eigenvalue weighted by Crippen LogP contribution is -2.31. The minimum Gasteiger partial charge on any atom is -0.497 e. The third-order valence-corrected chi connectivity index (χ3v) is 5.05. The number of aliphatic hydroxyl groups is 1. The summed E-state index contributed by atoms with van der Waals surface area (Å²) in [6.07, 6.45) is 1.07. The van der Waals surface area contributed by atoms with E-state index in [1.165, 1.54) is 0 Å². The van der Waals surface area contributed by atoms with Crippen molar-refractivity contribution in [3.8, 4) is 11.5 Å². The minimum absolute atomic E-state index is 0.0808. The van der Waals surface area contributed by atoms with E-state index in [4.69, 9.17) is 9.47 Å². The summed E-state index contributed by atoms with van der Waals surface area (Å²) in [7, 11) is 5.07. The highest BCUT2D eigenvalue weighted by molar-refractivity contribution is 5.92. The molecule has 0 aliphatic heterocycles. The van der Waals surface area contributed by atoms with Gasteiger partial charge in [-0.2, -0.15) is 0 Å². The second-order valence-electron chi connectivity index (χ2n) is 6.80. The third kappa shape index (κ3) is 3.82. The van der Waals surface area contributed by atoms with Gasteiger partial charge >= 0.3 is 0 Å². The maximum atomic E-state index is 12.7. The lowest BCUT2D eigenvalue weighted by Gasteiger charge is -2.18. The number of benzene rings is 2. The summed E-state index contributed by atoms with van der Waals surface area (Å²) in [4.78, 5) is 12.7. The van der Waals surface area contributed by atoms with E-state index in [0.717, 1.165) is 16.5 Å². The van der Waals surface area contributed by atoms with E-state index in [1.807, 2.05) is 49.0 Å². The van der Waals surface area contributed by atoms with Crippen molar-refractivity contribution < 1.29 is 19.4 Å². The van der Waals surface area contributed by atoms with Gasteiger partial charge in [-0.1, -0.05) is 18.2 Å². The van der Waals surface area contributed by atoms with E-state index in [9.17, 15) is 9.90 Å². The van der Waals surface area contributed by atoms with E-state index in [-0.39, 0.29) is 18.4 Å². The molecule has 0 fully saturated rings. The average molecular weight is 382 g/mol. The van der Waals surface area contributed by atoms with Crippen LogP contribution >= 0.6 is 0 Å². The maximum absolute atomic E-state index is 12.7. The Balaban J connectivity index is 1.73. The van der Waals surface area contributed by atoms with Gasteiger partial charge in [-0.3, -0.25) is 4.79 Å². The van der Waals surface area contributed by atoms with E-state index < -0.39 is 6.10 Å². The Morgan fingerprint density at radius 3 is 2.61 bits per heavy atom. The lowest BCUT2D eigenvalue weighted by atomic mass is 9.99. The molecule has 6 nitrogen and oxygen atoms in total. The van der Waals surface area contributed by atoms with Crippen molar-refractivity contribution in [3.63, 3.8) is 0 Å². The molecular formula is C22H26N2O4. The van der Waals surface area contributed by atoms with Crippen molar-refractivity contribution in [1.29, 1.82) is 0 Å². The summed E-state index contributed by atoms with van der Waals surface area (Å²) in [5, 5.41) is 14.5. The maximum Gasteiger partial charge on any atom is 0.227 e. The summed E-state index contributed by atoms with van der Waals surface area (Å²) >= 11 is 0. The second kappa shape index (κ2) is 8.35. The zero-order valence-corrected chi connectivity index (χ0v) is 16.6. The van der Waals surface area contributed by atoms with Gasteiger partial charge in [0, 0.05) is 36.3 Å². The van der Waals surface area contributed by atoms with E-state index in [2.05, 4.69) is 5.32 Å². The molecule has 1 amide bonds. The summed E-state index contributed by atoms with van der Waals surface area (Å²) in [5.41, 5.74) is 2.61. The van der Waals surface area contributed by atoms with Gasteiger partial charge in [-0.15, -0.1) is 0 Å². The number of amides is 1. The first-order chi connectivity index (χ1) is 13.5. The Kier molecular flexibility index (Phi) is 5.90. The number of ether oxygens (including phenoxy) is 2. The van der Waals surface area contributed by atoms with Crippen LogP contribution in [-0.4, -0.2) is 36.3 Å². The number of fused-ring (bicyclic) bond motifs is 1. The third-order valence-electron chi connectivity index (χ3n) is 5.05.